The van der Waals surface area contributed by atoms with Crippen LogP contribution in [-0.2, 0) is 15.2 Å². The minimum absolute atomic E-state index is 0.0325. The highest BCUT2D eigenvalue weighted by molar-refractivity contribution is 5.81. The summed E-state index contributed by atoms with van der Waals surface area (Å²) in [6.07, 6.45) is 2.53. The molecule has 0 bridgehead atoms. The van der Waals surface area contributed by atoms with Gasteiger partial charge in [0, 0.05) is 30.5 Å². The number of hydrogen-bond donors (Lipinski definition) is 3. The molecule has 0 radical (unpaired) electrons. The Morgan fingerprint density at radius 1 is 1.29 bits per heavy atom. The molecule has 5 nitrogen and oxygen atoms in total. The van der Waals surface area contributed by atoms with Crippen molar-refractivity contribution in [2.24, 2.45) is 5.92 Å². The Bertz CT molecular complexity index is 616. The lowest BCUT2D eigenvalue weighted by molar-refractivity contribution is -0.124. The van der Waals surface area contributed by atoms with Gasteiger partial charge in [0.1, 0.15) is 17.2 Å². The van der Waals surface area contributed by atoms with Gasteiger partial charge in [0.15, 0.2) is 0 Å². The van der Waals surface area contributed by atoms with Crippen LogP contribution in [0.15, 0.2) is 18.2 Å². The van der Waals surface area contributed by atoms with Gasteiger partial charge in [0.05, 0.1) is 6.54 Å². The van der Waals surface area contributed by atoms with Crippen molar-refractivity contribution in [3.05, 3.63) is 35.4 Å². The molecule has 1 aromatic carbocycles. The second kappa shape index (κ2) is 7.70. The Morgan fingerprint density at radius 2 is 2.00 bits per heavy atom. The van der Waals surface area contributed by atoms with Crippen molar-refractivity contribution in [2.45, 2.75) is 38.2 Å². The minimum atomic E-state index is -1.65. The van der Waals surface area contributed by atoms with Crippen LogP contribution >= 0.6 is 0 Å². The van der Waals surface area contributed by atoms with Crippen LogP contribution in [0.3, 0.4) is 0 Å². The first-order valence-electron chi connectivity index (χ1n) is 8.02. The smallest absolute Gasteiger partial charge is 0.223 e. The first-order valence-corrected chi connectivity index (χ1v) is 8.02. The molecule has 0 spiro atoms. The van der Waals surface area contributed by atoms with Crippen LogP contribution in [0.2, 0.25) is 0 Å². The van der Waals surface area contributed by atoms with Gasteiger partial charge in [-0.2, -0.15) is 0 Å². The number of rotatable bonds is 8. The van der Waals surface area contributed by atoms with Crippen molar-refractivity contribution in [1.29, 1.82) is 0 Å². The van der Waals surface area contributed by atoms with E-state index in [0.29, 0.717) is 19.0 Å². The largest absolute Gasteiger partial charge is 0.383 e. The van der Waals surface area contributed by atoms with Crippen LogP contribution in [0, 0.1) is 17.6 Å². The highest BCUT2D eigenvalue weighted by atomic mass is 19.1. The monoisotopic (exact) mass is 340 g/mol. The number of hydrogen-bond acceptors (Lipinski definition) is 3. The molecular weight excluding hydrogens is 318 g/mol. The molecule has 1 aromatic rings. The average molecular weight is 340 g/mol. The summed E-state index contributed by atoms with van der Waals surface area (Å²) in [5, 5.41) is 15.6. The first kappa shape index (κ1) is 18.3. The highest BCUT2D eigenvalue weighted by Crippen LogP contribution is 2.28. The number of amides is 2. The number of benzene rings is 1. The molecule has 2 amide bonds. The standard InChI is InChI=1S/C17H22F2N2O3/c1-17(24,13-7-6-12(18)9-14(13)19)10-21-15(22)3-2-8-20-16(23)11-4-5-11/h6-7,9,11,24H,2-5,8,10H2,1H3,(H,20,23)(H,21,22). The van der Waals surface area contributed by atoms with E-state index in [1.54, 1.807) is 0 Å². The Labute approximate surface area is 139 Å². The van der Waals surface area contributed by atoms with Crippen LogP contribution < -0.4 is 10.6 Å². The van der Waals surface area contributed by atoms with Crippen molar-refractivity contribution >= 4 is 11.8 Å². The Hall–Kier alpha value is -2.02. The van der Waals surface area contributed by atoms with Crippen LogP contribution in [0.5, 0.6) is 0 Å². The van der Waals surface area contributed by atoms with Crippen LogP contribution in [0.4, 0.5) is 8.78 Å². The third-order valence-electron chi connectivity index (χ3n) is 3.97. The van der Waals surface area contributed by atoms with Gasteiger partial charge in [0.25, 0.3) is 0 Å². The second-order valence-electron chi connectivity index (χ2n) is 6.34. The van der Waals surface area contributed by atoms with Gasteiger partial charge in [0.2, 0.25) is 11.8 Å². The quantitative estimate of drug-likeness (QED) is 0.629. The summed E-state index contributed by atoms with van der Waals surface area (Å²) in [5.74, 6) is -1.73. The summed E-state index contributed by atoms with van der Waals surface area (Å²) >= 11 is 0. The molecule has 2 rings (SSSR count). The number of halogens is 2. The maximum Gasteiger partial charge on any atom is 0.223 e. The third-order valence-corrected chi connectivity index (χ3v) is 3.97. The predicted molar refractivity (Wildman–Crippen MR) is 83.9 cm³/mol. The molecule has 1 unspecified atom stereocenters. The van der Waals surface area contributed by atoms with Crippen molar-refractivity contribution < 1.29 is 23.5 Å². The van der Waals surface area contributed by atoms with E-state index in [4.69, 9.17) is 0 Å². The van der Waals surface area contributed by atoms with Crippen LogP contribution in [0.1, 0.15) is 38.2 Å². The molecule has 1 aliphatic rings. The maximum atomic E-state index is 13.7. The van der Waals surface area contributed by atoms with E-state index in [-0.39, 0.29) is 36.3 Å². The maximum absolute atomic E-state index is 13.7. The Morgan fingerprint density at radius 3 is 2.62 bits per heavy atom. The van der Waals surface area contributed by atoms with Gasteiger partial charge in [-0.1, -0.05) is 6.07 Å². The summed E-state index contributed by atoms with van der Waals surface area (Å²) in [7, 11) is 0. The molecule has 132 valence electrons. The minimum Gasteiger partial charge on any atom is -0.383 e. The molecular formula is C17H22F2N2O3. The first-order chi connectivity index (χ1) is 11.3. The molecule has 7 heteroatoms. The molecule has 1 saturated carbocycles. The lowest BCUT2D eigenvalue weighted by Gasteiger charge is -2.24. The fraction of sp³-hybridized carbons (Fsp3) is 0.529. The normalized spacial score (nSPS) is 16.3. The summed E-state index contributed by atoms with van der Waals surface area (Å²) in [6.45, 7) is 1.58. The van der Waals surface area contributed by atoms with Gasteiger partial charge in [-0.15, -0.1) is 0 Å². The van der Waals surface area contributed by atoms with E-state index in [1.807, 2.05) is 0 Å². The van der Waals surface area contributed by atoms with Gasteiger partial charge in [-0.3, -0.25) is 9.59 Å². The number of aliphatic hydroxyl groups is 1. The fourth-order valence-electron chi connectivity index (χ4n) is 2.33. The van der Waals surface area contributed by atoms with Crippen LogP contribution in [0.25, 0.3) is 0 Å². The van der Waals surface area contributed by atoms with E-state index < -0.39 is 17.2 Å². The fourth-order valence-corrected chi connectivity index (χ4v) is 2.33. The third kappa shape index (κ3) is 5.26. The zero-order valence-electron chi connectivity index (χ0n) is 13.6. The van der Waals surface area contributed by atoms with Gasteiger partial charge in [-0.05, 0) is 32.3 Å². The van der Waals surface area contributed by atoms with Gasteiger partial charge >= 0.3 is 0 Å². The van der Waals surface area contributed by atoms with Gasteiger partial charge < -0.3 is 15.7 Å². The SMILES string of the molecule is CC(O)(CNC(=O)CCCNC(=O)C1CC1)c1ccc(F)cc1F. The van der Waals surface area contributed by atoms with E-state index in [9.17, 15) is 23.5 Å². The average Bonchev–Trinajstić information content (AvgIpc) is 3.34. The highest BCUT2D eigenvalue weighted by Gasteiger charge is 2.29. The Balaban J connectivity index is 1.72. The molecule has 0 heterocycles. The van der Waals surface area contributed by atoms with Crippen molar-refractivity contribution in [1.82, 2.24) is 10.6 Å². The summed E-state index contributed by atoms with van der Waals surface area (Å²) < 4.78 is 26.6. The topological polar surface area (TPSA) is 78.4 Å². The number of carbonyl (C=O) groups excluding carboxylic acids is 2. The molecule has 24 heavy (non-hydrogen) atoms. The van der Waals surface area contributed by atoms with Crippen LogP contribution in [-0.4, -0.2) is 30.0 Å². The molecule has 0 aromatic heterocycles. The summed E-state index contributed by atoms with van der Waals surface area (Å²) in [6, 6.07) is 2.90. The molecule has 1 fully saturated rings. The summed E-state index contributed by atoms with van der Waals surface area (Å²) in [5.41, 5.74) is -1.73. The number of carbonyl (C=O) groups is 2. The van der Waals surface area contributed by atoms with Crippen molar-refractivity contribution in [3.8, 4) is 0 Å². The van der Waals surface area contributed by atoms with E-state index in [0.717, 1.165) is 25.0 Å². The lowest BCUT2D eigenvalue weighted by Crippen LogP contribution is -2.39. The van der Waals surface area contributed by atoms with Crippen molar-refractivity contribution in [3.63, 3.8) is 0 Å². The van der Waals surface area contributed by atoms with Crippen molar-refractivity contribution in [2.75, 3.05) is 13.1 Å². The molecule has 1 atom stereocenters. The van der Waals surface area contributed by atoms with E-state index in [1.165, 1.54) is 6.92 Å². The molecule has 1 aliphatic carbocycles. The molecule has 0 saturated heterocycles. The van der Waals surface area contributed by atoms with E-state index in [2.05, 4.69) is 10.6 Å². The molecule has 3 N–H and O–H groups in total. The second-order valence-corrected chi connectivity index (χ2v) is 6.34. The van der Waals surface area contributed by atoms with Gasteiger partial charge in [-0.25, -0.2) is 8.78 Å². The lowest BCUT2D eigenvalue weighted by atomic mass is 9.95. The Kier molecular flexibility index (Phi) is 5.88. The number of nitrogens with one attached hydrogen (secondary N) is 2. The zero-order chi connectivity index (χ0) is 17.7. The van der Waals surface area contributed by atoms with E-state index >= 15 is 0 Å². The predicted octanol–water partition coefficient (Wildman–Crippen LogP) is 1.59. The zero-order valence-corrected chi connectivity index (χ0v) is 13.6. The molecule has 0 aliphatic heterocycles. The summed E-state index contributed by atoms with van der Waals surface area (Å²) in [4.78, 5) is 23.2.